The topological polar surface area (TPSA) is 96.3 Å². The van der Waals surface area contributed by atoms with Gasteiger partial charge in [0.05, 0.1) is 11.5 Å². The summed E-state index contributed by atoms with van der Waals surface area (Å²) in [5.41, 5.74) is 0. The van der Waals surface area contributed by atoms with Crippen LogP contribution >= 0.6 is 11.8 Å². The number of rotatable bonds is 6. The minimum absolute atomic E-state index is 0.0425. The number of sulfonamides is 1. The number of aromatic nitrogens is 1. The van der Waals surface area contributed by atoms with Crippen molar-refractivity contribution < 1.29 is 17.9 Å². The highest BCUT2D eigenvalue weighted by Gasteiger charge is 2.07. The Balaban J connectivity index is 1.83. The third kappa shape index (κ3) is 4.62. The normalized spacial score (nSPS) is 11.3. The zero-order chi connectivity index (χ0) is 15.3. The summed E-state index contributed by atoms with van der Waals surface area (Å²) in [5, 5.41) is 17.0. The van der Waals surface area contributed by atoms with Crippen LogP contribution in [0, 0.1) is 5.21 Å². The molecule has 0 saturated carbocycles. The standard InChI is InChI=1S/C13H14N2O4S2/c14-21(17,18)12-6-4-11(5-7-12)19-9-10-20-13-3-1-2-8-15(13)16/h1-8H,9-10H2,(H2,14,17,18). The lowest BCUT2D eigenvalue weighted by molar-refractivity contribution is -0.645. The maximum Gasteiger partial charge on any atom is 0.251 e. The van der Waals surface area contributed by atoms with E-state index in [1.807, 2.05) is 0 Å². The molecule has 0 aliphatic heterocycles. The summed E-state index contributed by atoms with van der Waals surface area (Å²) in [6, 6.07) is 11.1. The number of hydrogen-bond donors (Lipinski definition) is 1. The van der Waals surface area contributed by atoms with Gasteiger partial charge in [-0.15, -0.1) is 0 Å². The first-order valence-electron chi connectivity index (χ1n) is 6.03. The average Bonchev–Trinajstić information content (AvgIpc) is 2.45. The number of nitrogens with two attached hydrogens (primary N) is 1. The van der Waals surface area contributed by atoms with Gasteiger partial charge in [0.15, 0.2) is 6.20 Å². The van der Waals surface area contributed by atoms with E-state index in [1.165, 1.54) is 30.1 Å². The number of pyridine rings is 1. The monoisotopic (exact) mass is 326 g/mol. The molecule has 2 N–H and O–H groups in total. The van der Waals surface area contributed by atoms with Crippen LogP contribution in [0.3, 0.4) is 0 Å². The predicted molar refractivity (Wildman–Crippen MR) is 79.4 cm³/mol. The smallest absolute Gasteiger partial charge is 0.251 e. The second-order valence-corrected chi connectivity index (χ2v) is 6.75. The SMILES string of the molecule is NS(=O)(=O)c1ccc(OCCSc2cccc[n+]2[O-])cc1. The van der Waals surface area contributed by atoms with E-state index in [2.05, 4.69) is 0 Å². The van der Waals surface area contributed by atoms with E-state index >= 15 is 0 Å². The zero-order valence-electron chi connectivity index (χ0n) is 11.0. The summed E-state index contributed by atoms with van der Waals surface area (Å²) in [6.07, 6.45) is 1.44. The van der Waals surface area contributed by atoms with E-state index in [9.17, 15) is 13.6 Å². The van der Waals surface area contributed by atoms with Crippen molar-refractivity contribution in [1.82, 2.24) is 0 Å². The third-order valence-electron chi connectivity index (χ3n) is 2.54. The van der Waals surface area contributed by atoms with Gasteiger partial charge >= 0.3 is 0 Å². The van der Waals surface area contributed by atoms with Crippen molar-refractivity contribution in [3.8, 4) is 5.75 Å². The first kappa shape index (κ1) is 15.6. The lowest BCUT2D eigenvalue weighted by Gasteiger charge is -2.06. The summed E-state index contributed by atoms with van der Waals surface area (Å²) < 4.78 is 28.5. The largest absolute Gasteiger partial charge is 0.618 e. The van der Waals surface area contributed by atoms with Gasteiger partial charge in [-0.05, 0) is 30.3 Å². The van der Waals surface area contributed by atoms with Crippen LogP contribution in [-0.2, 0) is 10.0 Å². The predicted octanol–water partition coefficient (Wildman–Crippen LogP) is 1.14. The molecule has 0 fully saturated rings. The van der Waals surface area contributed by atoms with Gasteiger partial charge in [0.2, 0.25) is 10.0 Å². The number of hydrogen-bond acceptors (Lipinski definition) is 5. The van der Waals surface area contributed by atoms with E-state index in [0.29, 0.717) is 23.1 Å². The minimum Gasteiger partial charge on any atom is -0.618 e. The van der Waals surface area contributed by atoms with E-state index < -0.39 is 10.0 Å². The minimum atomic E-state index is -3.68. The molecule has 8 heteroatoms. The fraction of sp³-hybridized carbons (Fsp3) is 0.154. The number of nitrogens with zero attached hydrogens (tertiary/aromatic N) is 1. The molecule has 0 aliphatic carbocycles. The van der Waals surface area contributed by atoms with Gasteiger partial charge in [-0.1, -0.05) is 11.8 Å². The summed E-state index contributed by atoms with van der Waals surface area (Å²) in [6.45, 7) is 0.397. The molecular weight excluding hydrogens is 312 g/mol. The number of benzene rings is 1. The Bertz CT molecular complexity index is 702. The Morgan fingerprint density at radius 1 is 1.19 bits per heavy atom. The summed E-state index contributed by atoms with van der Waals surface area (Å²) in [5.74, 6) is 1.15. The molecule has 0 spiro atoms. The van der Waals surface area contributed by atoms with Crippen molar-refractivity contribution in [2.45, 2.75) is 9.92 Å². The van der Waals surface area contributed by atoms with Gasteiger partial charge in [-0.3, -0.25) is 0 Å². The van der Waals surface area contributed by atoms with Crippen molar-refractivity contribution in [3.63, 3.8) is 0 Å². The van der Waals surface area contributed by atoms with Gasteiger partial charge < -0.3 is 9.94 Å². The van der Waals surface area contributed by atoms with Gasteiger partial charge in [0.1, 0.15) is 5.75 Å². The highest BCUT2D eigenvalue weighted by atomic mass is 32.2. The van der Waals surface area contributed by atoms with Gasteiger partial charge in [0.25, 0.3) is 5.03 Å². The number of thioether (sulfide) groups is 1. The van der Waals surface area contributed by atoms with E-state index in [-0.39, 0.29) is 4.90 Å². The molecule has 0 saturated heterocycles. The van der Waals surface area contributed by atoms with E-state index in [1.54, 1.807) is 30.3 Å². The molecule has 21 heavy (non-hydrogen) atoms. The van der Waals surface area contributed by atoms with E-state index in [0.717, 1.165) is 4.73 Å². The molecule has 1 aromatic carbocycles. The molecule has 112 valence electrons. The number of primary sulfonamides is 1. The van der Waals surface area contributed by atoms with Crippen LogP contribution in [0.1, 0.15) is 0 Å². The Morgan fingerprint density at radius 2 is 1.90 bits per heavy atom. The second kappa shape index (κ2) is 6.79. The molecule has 1 aromatic heterocycles. The molecule has 6 nitrogen and oxygen atoms in total. The van der Waals surface area contributed by atoms with Crippen molar-refractivity contribution in [2.75, 3.05) is 12.4 Å². The van der Waals surface area contributed by atoms with Crippen molar-refractivity contribution >= 4 is 21.8 Å². The molecule has 0 radical (unpaired) electrons. The fourth-order valence-electron chi connectivity index (χ4n) is 1.56. The molecular formula is C13H14N2O4S2. The lowest BCUT2D eigenvalue weighted by Crippen LogP contribution is -2.27. The quantitative estimate of drug-likeness (QED) is 0.372. The molecule has 1 heterocycles. The molecule has 2 rings (SSSR count). The van der Waals surface area contributed by atoms with Crippen LogP contribution in [0.5, 0.6) is 5.75 Å². The van der Waals surface area contributed by atoms with Crippen LogP contribution in [0.25, 0.3) is 0 Å². The van der Waals surface area contributed by atoms with Gasteiger partial charge in [0, 0.05) is 17.9 Å². The molecule has 0 bridgehead atoms. The lowest BCUT2D eigenvalue weighted by atomic mass is 10.3. The molecule has 0 aliphatic rings. The van der Waals surface area contributed by atoms with Crippen molar-refractivity contribution in [2.24, 2.45) is 5.14 Å². The highest BCUT2D eigenvalue weighted by Crippen LogP contribution is 2.16. The molecule has 0 amide bonds. The first-order valence-corrected chi connectivity index (χ1v) is 8.57. The van der Waals surface area contributed by atoms with Crippen LogP contribution in [0.15, 0.2) is 58.6 Å². The Labute approximate surface area is 127 Å². The van der Waals surface area contributed by atoms with E-state index in [4.69, 9.17) is 9.88 Å². The third-order valence-corrected chi connectivity index (χ3v) is 4.45. The zero-order valence-corrected chi connectivity index (χ0v) is 12.6. The maximum absolute atomic E-state index is 11.4. The highest BCUT2D eigenvalue weighted by molar-refractivity contribution is 7.99. The number of ether oxygens (including phenoxy) is 1. The fourth-order valence-corrected chi connectivity index (χ4v) is 2.81. The summed E-state index contributed by atoms with van der Waals surface area (Å²) in [7, 11) is -3.68. The molecule has 0 unspecified atom stereocenters. The Hall–Kier alpha value is -1.77. The van der Waals surface area contributed by atoms with Gasteiger partial charge in [-0.2, -0.15) is 4.73 Å². The van der Waals surface area contributed by atoms with Crippen LogP contribution < -0.4 is 14.6 Å². The van der Waals surface area contributed by atoms with Crippen LogP contribution in [0.4, 0.5) is 0 Å². The van der Waals surface area contributed by atoms with Crippen molar-refractivity contribution in [1.29, 1.82) is 0 Å². The summed E-state index contributed by atoms with van der Waals surface area (Å²) in [4.78, 5) is 0.0425. The van der Waals surface area contributed by atoms with Gasteiger partial charge in [-0.25, -0.2) is 13.6 Å². The molecule has 0 atom stereocenters. The van der Waals surface area contributed by atoms with Crippen LogP contribution in [0.2, 0.25) is 0 Å². The first-order chi connectivity index (χ1) is 9.97. The molecule has 2 aromatic rings. The van der Waals surface area contributed by atoms with Crippen molar-refractivity contribution in [3.05, 3.63) is 53.9 Å². The Kier molecular flexibility index (Phi) is 5.05. The van der Waals surface area contributed by atoms with Crippen LogP contribution in [-0.4, -0.2) is 20.8 Å². The summed E-state index contributed by atoms with van der Waals surface area (Å²) >= 11 is 1.38. The average molecular weight is 326 g/mol. The maximum atomic E-state index is 11.4. The second-order valence-electron chi connectivity index (χ2n) is 4.08. The Morgan fingerprint density at radius 3 is 2.52 bits per heavy atom.